The first-order valence-electron chi connectivity index (χ1n) is 12.1. The first-order chi connectivity index (χ1) is 18.6. The molecule has 1 saturated carbocycles. The number of rotatable bonds is 7. The molecule has 4 aromatic rings. The van der Waals surface area contributed by atoms with Crippen LogP contribution in [0.3, 0.4) is 0 Å². The molecule has 6 nitrogen and oxygen atoms in total. The molecule has 1 aromatic heterocycles. The number of nitrogens with zero attached hydrogens (tertiary/aromatic N) is 1. The molecule has 3 aromatic carbocycles. The highest BCUT2D eigenvalue weighted by molar-refractivity contribution is 7.10. The molecule has 39 heavy (non-hydrogen) atoms. The Morgan fingerprint density at radius 3 is 2.36 bits per heavy atom. The van der Waals surface area contributed by atoms with E-state index in [-0.39, 0.29) is 21.7 Å². The van der Waals surface area contributed by atoms with Gasteiger partial charge in [0.2, 0.25) is 0 Å². The highest BCUT2D eigenvalue weighted by atomic mass is 35.5. The molecule has 0 spiro atoms. The lowest BCUT2D eigenvalue weighted by Crippen LogP contribution is -2.19. The molecular weight excluding hydrogens is 546 g/mol. The Morgan fingerprint density at radius 2 is 1.72 bits per heavy atom. The summed E-state index contributed by atoms with van der Waals surface area (Å²) in [6, 6.07) is 15.6. The highest BCUT2D eigenvalue weighted by Gasteiger charge is 2.51. The molecule has 200 valence electrons. The number of amides is 1. The Kier molecular flexibility index (Phi) is 7.13. The van der Waals surface area contributed by atoms with Gasteiger partial charge in [-0.05, 0) is 67.5 Å². The van der Waals surface area contributed by atoms with Crippen molar-refractivity contribution in [2.24, 2.45) is 0 Å². The zero-order valence-corrected chi connectivity index (χ0v) is 22.5. The predicted octanol–water partition coefficient (Wildman–Crippen LogP) is 8.14. The third-order valence-electron chi connectivity index (χ3n) is 6.93. The van der Waals surface area contributed by atoms with Gasteiger partial charge in [-0.15, -0.1) is 0 Å². The number of carbonyl (C=O) groups excluding carboxylic acids is 1. The molecule has 1 atom stereocenters. The molecule has 1 heterocycles. The number of aromatic nitrogens is 1. The zero-order chi connectivity index (χ0) is 27.9. The largest absolute Gasteiger partial charge is 0.481 e. The summed E-state index contributed by atoms with van der Waals surface area (Å²) in [6.07, 6.45) is -0.342. The Bertz CT molecular complexity index is 1580. The van der Waals surface area contributed by atoms with Gasteiger partial charge < -0.3 is 9.84 Å². The number of aryl methyl sites for hydroxylation is 1. The third kappa shape index (κ3) is 5.12. The molecule has 10 heteroatoms. The van der Waals surface area contributed by atoms with E-state index in [4.69, 9.17) is 16.3 Å². The van der Waals surface area contributed by atoms with E-state index in [0.717, 1.165) is 23.7 Å². The number of aliphatic carboxylic acids is 1. The highest BCUT2D eigenvalue weighted by Crippen LogP contribution is 2.49. The van der Waals surface area contributed by atoms with Crippen molar-refractivity contribution in [2.45, 2.75) is 38.2 Å². The van der Waals surface area contributed by atoms with Gasteiger partial charge in [-0.2, -0.15) is 4.37 Å². The van der Waals surface area contributed by atoms with Gasteiger partial charge >= 0.3 is 12.1 Å². The van der Waals surface area contributed by atoms with Crippen molar-refractivity contribution in [3.63, 3.8) is 0 Å². The second kappa shape index (κ2) is 10.4. The Balaban J connectivity index is 1.38. The molecular formula is C29H23ClF2N2O4S. The average molecular weight is 569 g/mol. The van der Waals surface area contributed by atoms with Crippen LogP contribution < -0.4 is 5.32 Å². The number of halogens is 3. The first-order valence-corrected chi connectivity index (χ1v) is 13.3. The van der Waals surface area contributed by atoms with Gasteiger partial charge in [0, 0.05) is 21.7 Å². The SMILES string of the molecule is Cc1nsc(-c2cc(F)c(-c3ccc(C4(C(=O)O)CC4)cc3)cc2F)c1NC(=O)O[C@H](C)c1ccccc1Cl. The van der Waals surface area contributed by atoms with Crippen LogP contribution in [0.5, 0.6) is 0 Å². The summed E-state index contributed by atoms with van der Waals surface area (Å²) >= 11 is 7.11. The molecule has 1 fully saturated rings. The van der Waals surface area contributed by atoms with E-state index in [2.05, 4.69) is 9.69 Å². The molecule has 0 bridgehead atoms. The summed E-state index contributed by atoms with van der Waals surface area (Å²) in [5, 5.41) is 12.6. The van der Waals surface area contributed by atoms with Crippen LogP contribution in [0, 0.1) is 18.6 Å². The Morgan fingerprint density at radius 1 is 1.08 bits per heavy atom. The van der Waals surface area contributed by atoms with Crippen LogP contribution >= 0.6 is 23.1 Å². The number of hydrogen-bond acceptors (Lipinski definition) is 5. The summed E-state index contributed by atoms with van der Waals surface area (Å²) in [6.45, 7) is 3.31. The third-order valence-corrected chi connectivity index (χ3v) is 8.24. The maximum Gasteiger partial charge on any atom is 0.412 e. The summed E-state index contributed by atoms with van der Waals surface area (Å²) in [4.78, 5) is 24.5. The van der Waals surface area contributed by atoms with Gasteiger partial charge in [0.05, 0.1) is 21.7 Å². The maximum atomic E-state index is 15.4. The zero-order valence-electron chi connectivity index (χ0n) is 20.9. The van der Waals surface area contributed by atoms with Crippen molar-refractivity contribution in [1.29, 1.82) is 0 Å². The average Bonchev–Trinajstić information content (AvgIpc) is 3.65. The van der Waals surface area contributed by atoms with E-state index in [0.29, 0.717) is 40.2 Å². The Hall–Kier alpha value is -3.82. The van der Waals surface area contributed by atoms with Crippen LogP contribution in [-0.4, -0.2) is 21.5 Å². The number of benzene rings is 3. The van der Waals surface area contributed by atoms with E-state index < -0.39 is 35.2 Å². The van der Waals surface area contributed by atoms with Crippen molar-refractivity contribution in [1.82, 2.24) is 4.37 Å². The molecule has 5 rings (SSSR count). The fourth-order valence-corrected chi connectivity index (χ4v) is 5.68. The van der Waals surface area contributed by atoms with Gasteiger partial charge in [-0.3, -0.25) is 10.1 Å². The van der Waals surface area contributed by atoms with Crippen LogP contribution in [0.2, 0.25) is 5.02 Å². The monoisotopic (exact) mass is 568 g/mol. The quantitative estimate of drug-likeness (QED) is 0.235. The number of anilines is 1. The minimum absolute atomic E-state index is 0.0340. The summed E-state index contributed by atoms with van der Waals surface area (Å²) in [5.41, 5.74) is 1.41. The van der Waals surface area contributed by atoms with Crippen LogP contribution in [0.1, 0.15) is 42.7 Å². The number of carboxylic acids is 1. The van der Waals surface area contributed by atoms with Crippen molar-refractivity contribution in [2.75, 3.05) is 5.32 Å². The molecule has 0 saturated heterocycles. The molecule has 1 amide bonds. The fourth-order valence-electron chi connectivity index (χ4n) is 4.52. The van der Waals surface area contributed by atoms with Crippen LogP contribution in [0.4, 0.5) is 19.3 Å². The molecule has 1 aliphatic rings. The van der Waals surface area contributed by atoms with Crippen molar-refractivity contribution in [3.8, 4) is 21.6 Å². The Labute approximate surface area is 232 Å². The smallest absolute Gasteiger partial charge is 0.412 e. The maximum absolute atomic E-state index is 15.4. The topological polar surface area (TPSA) is 88.5 Å². The number of nitrogens with one attached hydrogen (secondary N) is 1. The number of ether oxygens (including phenoxy) is 1. The summed E-state index contributed by atoms with van der Waals surface area (Å²) in [7, 11) is 0. The van der Waals surface area contributed by atoms with Crippen LogP contribution in [0.15, 0.2) is 60.7 Å². The molecule has 0 unspecified atom stereocenters. The minimum Gasteiger partial charge on any atom is -0.481 e. The summed E-state index contributed by atoms with van der Waals surface area (Å²) in [5.74, 6) is -2.27. The molecule has 1 aliphatic carbocycles. The second-order valence-corrected chi connectivity index (χ2v) is 10.6. The number of carbonyl (C=O) groups is 2. The van der Waals surface area contributed by atoms with Crippen LogP contribution in [-0.2, 0) is 14.9 Å². The van der Waals surface area contributed by atoms with Crippen molar-refractivity contribution < 1.29 is 28.2 Å². The van der Waals surface area contributed by atoms with Crippen molar-refractivity contribution >= 4 is 40.9 Å². The first kappa shape index (κ1) is 26.8. The van der Waals surface area contributed by atoms with Crippen molar-refractivity contribution in [3.05, 3.63) is 94.1 Å². The van der Waals surface area contributed by atoms with E-state index >= 15 is 8.78 Å². The lowest BCUT2D eigenvalue weighted by molar-refractivity contribution is -0.140. The fraction of sp³-hybridized carbons (Fsp3) is 0.207. The molecule has 2 N–H and O–H groups in total. The number of hydrogen-bond donors (Lipinski definition) is 2. The standard InChI is InChI=1S/C29H23ClF2N2O4S/c1-15-25(33-28(37)38-16(2)19-5-3-4-6-22(19)30)26(39-34-15)21-14-23(31)20(13-24(21)32)17-7-9-18(10-8-17)29(11-12-29)27(35)36/h3-10,13-14,16H,11-12H2,1-2H3,(H,33,37)(H,35,36)/t16-/m1/s1. The van der Waals surface area contributed by atoms with E-state index in [9.17, 15) is 14.7 Å². The molecule has 0 radical (unpaired) electrons. The van der Waals surface area contributed by atoms with Gasteiger partial charge in [-0.25, -0.2) is 13.6 Å². The lowest BCUT2D eigenvalue weighted by atomic mass is 9.93. The van der Waals surface area contributed by atoms with E-state index in [1.807, 2.05) is 0 Å². The van der Waals surface area contributed by atoms with Gasteiger partial charge in [0.1, 0.15) is 17.7 Å². The van der Waals surface area contributed by atoms with Gasteiger partial charge in [0.15, 0.2) is 0 Å². The lowest BCUT2D eigenvalue weighted by Gasteiger charge is -2.16. The summed E-state index contributed by atoms with van der Waals surface area (Å²) < 4.78 is 40.3. The van der Waals surface area contributed by atoms with E-state index in [1.165, 1.54) is 0 Å². The normalized spacial score (nSPS) is 14.5. The van der Waals surface area contributed by atoms with E-state index in [1.54, 1.807) is 62.4 Å². The van der Waals surface area contributed by atoms with Gasteiger partial charge in [0.25, 0.3) is 0 Å². The van der Waals surface area contributed by atoms with Gasteiger partial charge in [-0.1, -0.05) is 54.1 Å². The number of carboxylic acid groups (broad SMARTS) is 1. The van der Waals surface area contributed by atoms with Crippen LogP contribution in [0.25, 0.3) is 21.6 Å². The predicted molar refractivity (Wildman–Crippen MR) is 146 cm³/mol. The minimum atomic E-state index is -0.886. The second-order valence-electron chi connectivity index (χ2n) is 9.44. The molecule has 0 aliphatic heterocycles.